The van der Waals surface area contributed by atoms with Gasteiger partial charge >= 0.3 is 18.0 Å². The maximum atomic E-state index is 13.7. The third-order valence-corrected chi connectivity index (χ3v) is 21.2. The summed E-state index contributed by atoms with van der Waals surface area (Å²) in [6.07, 6.45) is 10.7. The van der Waals surface area contributed by atoms with Gasteiger partial charge in [0.05, 0.1) is 23.3 Å². The lowest BCUT2D eigenvalue weighted by Gasteiger charge is -2.73. The Labute approximate surface area is 368 Å². The van der Waals surface area contributed by atoms with E-state index in [0.29, 0.717) is 62.2 Å². The average molecular weight is 872 g/mol. The predicted molar refractivity (Wildman–Crippen MR) is 238 cm³/mol. The van der Waals surface area contributed by atoms with Gasteiger partial charge < -0.3 is 25.2 Å². The number of nitrogens with one attached hydrogen (secondary N) is 2. The summed E-state index contributed by atoms with van der Waals surface area (Å²) in [6, 6.07) is -0.0710. The predicted octanol–water partition coefficient (Wildman–Crippen LogP) is 8.27. The molecule has 6 saturated carbocycles. The number of ether oxygens (including phenoxy) is 2. The minimum absolute atomic E-state index is 0.0620. The smallest absolute Gasteiger partial charge is 0.407 e. The zero-order valence-corrected chi connectivity index (χ0v) is 40.4. The Balaban J connectivity index is 1.10. The molecule has 3 N–H and O–H groups in total. The fourth-order valence-electron chi connectivity index (χ4n) is 15.9. The molecule has 7 fully saturated rings. The summed E-state index contributed by atoms with van der Waals surface area (Å²) < 4.78 is 37.0. The van der Waals surface area contributed by atoms with Crippen LogP contribution in [0.3, 0.4) is 0 Å². The number of carboxylic acid groups (broad SMARTS) is 1. The van der Waals surface area contributed by atoms with Gasteiger partial charge in [-0.05, 0) is 150 Å². The molecule has 7 aliphatic rings. The normalized spacial score (nSPS) is 42.9. The molecule has 0 spiro atoms. The van der Waals surface area contributed by atoms with Crippen LogP contribution in [0.25, 0.3) is 0 Å². The molecule has 0 aromatic heterocycles. The van der Waals surface area contributed by atoms with Crippen molar-refractivity contribution >= 4 is 27.9 Å². The molecule has 346 valence electrons. The Morgan fingerprint density at radius 1 is 0.820 bits per heavy atom. The second kappa shape index (κ2) is 15.8. The molecule has 0 aromatic rings. The SMILES string of the molecule is C=C(C)[C@@H]1CC[C@]2(NC[C@H](CNC(=O)OC(C)(C)C)N3CCS(=O)(=O)CC3)CC[C@]3(C)[C@H](CC[C@@H]4[C@@]5(C)CC[C@H](OC(=O)[C@H]6C[C@@H](C(=O)O)C6(C)C)C(C)(C)[C@@H]5CC[C@]43C)[C@@H]12. The number of fused-ring (bicyclic) bond motifs is 7. The maximum Gasteiger partial charge on any atom is 0.407 e. The van der Waals surface area contributed by atoms with E-state index in [1.165, 1.54) is 18.4 Å². The number of hydrogen-bond donors (Lipinski definition) is 3. The van der Waals surface area contributed by atoms with Crippen LogP contribution in [0.5, 0.6) is 0 Å². The third kappa shape index (κ3) is 7.92. The summed E-state index contributed by atoms with van der Waals surface area (Å²) in [5.41, 5.74) is 0.209. The molecule has 0 unspecified atom stereocenters. The van der Waals surface area contributed by atoms with Crippen molar-refractivity contribution in [3.05, 3.63) is 12.2 Å². The van der Waals surface area contributed by atoms with Crippen molar-refractivity contribution < 1.29 is 37.4 Å². The number of rotatable bonds is 10. The van der Waals surface area contributed by atoms with E-state index in [2.05, 4.69) is 63.7 Å². The number of hydrogen-bond acceptors (Lipinski definition) is 9. The lowest BCUT2D eigenvalue weighted by Crippen LogP contribution is -2.69. The van der Waals surface area contributed by atoms with E-state index in [0.717, 1.165) is 51.4 Å². The highest BCUT2D eigenvalue weighted by Crippen LogP contribution is 2.76. The molecule has 61 heavy (non-hydrogen) atoms. The molecule has 7 rings (SSSR count). The van der Waals surface area contributed by atoms with Gasteiger partial charge in [0.2, 0.25) is 0 Å². The second-order valence-electron chi connectivity index (χ2n) is 24.2. The van der Waals surface area contributed by atoms with Crippen LogP contribution in [0, 0.1) is 68.5 Å². The molecule has 0 bridgehead atoms. The Kier molecular flexibility index (Phi) is 12.1. The van der Waals surface area contributed by atoms with Crippen LogP contribution in [0.15, 0.2) is 12.2 Å². The number of esters is 1. The number of carboxylic acids is 1. The van der Waals surface area contributed by atoms with Gasteiger partial charge in [-0.1, -0.05) is 60.6 Å². The number of nitrogens with zero attached hydrogens (tertiary/aromatic N) is 1. The molecule has 0 aromatic carbocycles. The molecule has 0 radical (unpaired) electrons. The van der Waals surface area contributed by atoms with Gasteiger partial charge in [0.25, 0.3) is 0 Å². The van der Waals surface area contributed by atoms with E-state index in [1.54, 1.807) is 0 Å². The lowest BCUT2D eigenvalue weighted by atomic mass is 9.32. The van der Waals surface area contributed by atoms with Crippen molar-refractivity contribution in [3.8, 4) is 0 Å². The summed E-state index contributed by atoms with van der Waals surface area (Å²) in [6.45, 7) is 30.7. The third-order valence-electron chi connectivity index (χ3n) is 19.6. The fourth-order valence-corrected chi connectivity index (χ4v) is 17.1. The lowest BCUT2D eigenvalue weighted by molar-refractivity contribution is -0.248. The topological polar surface area (TPSA) is 151 Å². The number of aliphatic carboxylic acids is 1. The van der Waals surface area contributed by atoms with E-state index in [4.69, 9.17) is 9.47 Å². The van der Waals surface area contributed by atoms with Gasteiger partial charge in [0, 0.05) is 43.2 Å². The molecule has 12 heteroatoms. The number of amides is 1. The molecular weight excluding hydrogens is 791 g/mol. The van der Waals surface area contributed by atoms with Crippen molar-refractivity contribution in [2.45, 2.75) is 170 Å². The number of sulfone groups is 1. The fraction of sp³-hybridized carbons (Fsp3) is 0.898. The van der Waals surface area contributed by atoms with E-state index in [-0.39, 0.29) is 62.7 Å². The quantitative estimate of drug-likeness (QED) is 0.145. The molecule has 6 aliphatic carbocycles. The van der Waals surface area contributed by atoms with Gasteiger partial charge in [0.15, 0.2) is 9.84 Å². The van der Waals surface area contributed by atoms with Crippen LogP contribution in [-0.4, -0.2) is 97.4 Å². The number of alkyl carbamates (subject to hydrolysis) is 1. The maximum absolute atomic E-state index is 13.7. The summed E-state index contributed by atoms with van der Waals surface area (Å²) >= 11 is 0. The van der Waals surface area contributed by atoms with Gasteiger partial charge in [-0.15, -0.1) is 0 Å². The van der Waals surface area contributed by atoms with E-state index in [1.807, 2.05) is 34.6 Å². The van der Waals surface area contributed by atoms with E-state index in [9.17, 15) is 27.9 Å². The monoisotopic (exact) mass is 872 g/mol. The highest BCUT2D eigenvalue weighted by molar-refractivity contribution is 7.91. The molecular formula is C49H81N3O8S. The molecule has 11 nitrogen and oxygen atoms in total. The Bertz CT molecular complexity index is 1840. The number of carbonyl (C=O) groups excluding carboxylic acids is 2. The van der Waals surface area contributed by atoms with Crippen LogP contribution in [0.2, 0.25) is 0 Å². The van der Waals surface area contributed by atoms with E-state index >= 15 is 0 Å². The first-order chi connectivity index (χ1) is 28.1. The van der Waals surface area contributed by atoms with Gasteiger partial charge in [-0.3, -0.25) is 14.5 Å². The molecule has 13 atom stereocenters. The van der Waals surface area contributed by atoms with Crippen LogP contribution < -0.4 is 10.6 Å². The van der Waals surface area contributed by atoms with Crippen LogP contribution in [0.1, 0.15) is 147 Å². The second-order valence-corrected chi connectivity index (χ2v) is 26.5. The highest BCUT2D eigenvalue weighted by atomic mass is 32.2. The number of carbonyl (C=O) groups is 3. The summed E-state index contributed by atoms with van der Waals surface area (Å²) in [7, 11) is -3.06. The zero-order valence-electron chi connectivity index (χ0n) is 39.6. The Morgan fingerprint density at radius 3 is 2.10 bits per heavy atom. The minimum Gasteiger partial charge on any atom is -0.481 e. The minimum atomic E-state index is -3.06. The first-order valence-electron chi connectivity index (χ1n) is 23.9. The first kappa shape index (κ1) is 46.8. The van der Waals surface area contributed by atoms with Crippen LogP contribution in [0.4, 0.5) is 4.79 Å². The van der Waals surface area contributed by atoms with E-state index < -0.39 is 38.8 Å². The van der Waals surface area contributed by atoms with Gasteiger partial charge in [0.1, 0.15) is 11.7 Å². The van der Waals surface area contributed by atoms with Crippen molar-refractivity contribution in [2.75, 3.05) is 37.7 Å². The Hall–Kier alpha value is -2.18. The first-order valence-corrected chi connectivity index (χ1v) is 25.7. The summed E-state index contributed by atoms with van der Waals surface area (Å²) in [4.78, 5) is 40.6. The zero-order chi connectivity index (χ0) is 44.9. The van der Waals surface area contributed by atoms with Crippen LogP contribution >= 0.6 is 0 Å². The van der Waals surface area contributed by atoms with Crippen molar-refractivity contribution in [1.29, 1.82) is 0 Å². The highest BCUT2D eigenvalue weighted by Gasteiger charge is 2.71. The molecule has 1 amide bonds. The van der Waals surface area contributed by atoms with Gasteiger partial charge in [-0.2, -0.15) is 0 Å². The number of allylic oxidation sites excluding steroid dienone is 1. The molecule has 1 heterocycles. The molecule has 1 aliphatic heterocycles. The van der Waals surface area contributed by atoms with Crippen molar-refractivity contribution in [3.63, 3.8) is 0 Å². The van der Waals surface area contributed by atoms with Crippen molar-refractivity contribution in [2.24, 2.45) is 68.5 Å². The average Bonchev–Trinajstić information content (AvgIpc) is 3.52. The molecule has 1 saturated heterocycles. The largest absolute Gasteiger partial charge is 0.481 e. The Morgan fingerprint density at radius 2 is 1.49 bits per heavy atom. The summed E-state index contributed by atoms with van der Waals surface area (Å²) in [5.74, 6) is 0.722. The van der Waals surface area contributed by atoms with Crippen molar-refractivity contribution in [1.82, 2.24) is 15.5 Å². The van der Waals surface area contributed by atoms with Gasteiger partial charge in [-0.25, -0.2) is 13.2 Å². The van der Waals surface area contributed by atoms with Crippen LogP contribution in [-0.2, 0) is 28.9 Å². The summed E-state index contributed by atoms with van der Waals surface area (Å²) in [5, 5.41) is 17.0. The standard InChI is InChI=1S/C49H81N3O8S/c1-30(2)32-15-20-49(51-29-31(28-50-42(56)60-43(3,4)5)52-23-25-61(57,58)26-24-52)22-21-47(11)33(39(32)49)13-14-37-46(10)18-17-38(45(8,9)36(46)16-19-48(37,47)12)59-41(55)35-27-34(40(53)54)44(35,6)7/h31-39,51H,1,13-29H2,2-12H3,(H,50,56)(H,53,54)/t31-,32-,33+,34-,35+,36-,37+,38-,39+,46-,47+,48+,49-/m0/s1.